The fourth-order valence-corrected chi connectivity index (χ4v) is 3.09. The molecule has 0 saturated carbocycles. The van der Waals surface area contributed by atoms with Crippen LogP contribution in [0.5, 0.6) is 0 Å². The summed E-state index contributed by atoms with van der Waals surface area (Å²) >= 11 is 0. The molecule has 5 nitrogen and oxygen atoms in total. The van der Waals surface area contributed by atoms with Gasteiger partial charge in [-0.2, -0.15) is 0 Å². The predicted octanol–water partition coefficient (Wildman–Crippen LogP) is 4.35. The number of carbonyl (C=O) groups excluding carboxylic acids is 2. The summed E-state index contributed by atoms with van der Waals surface area (Å²) in [6.45, 7) is 5.77. The van der Waals surface area contributed by atoms with Gasteiger partial charge in [-0.15, -0.1) is 0 Å². The van der Waals surface area contributed by atoms with Crippen molar-refractivity contribution in [2.75, 3.05) is 5.32 Å². The first kappa shape index (κ1) is 19.5. The molecule has 1 atom stereocenters. The van der Waals surface area contributed by atoms with Crippen molar-refractivity contribution >= 4 is 17.6 Å². The van der Waals surface area contributed by atoms with E-state index in [4.69, 9.17) is 0 Å². The number of hydrogen-bond acceptors (Lipinski definition) is 2. The van der Waals surface area contributed by atoms with E-state index in [2.05, 4.69) is 29.8 Å². The van der Waals surface area contributed by atoms with Gasteiger partial charge in [0.2, 0.25) is 0 Å². The molecule has 3 N–H and O–H groups in total. The Bertz CT molecular complexity index is 953. The molecule has 0 spiro atoms. The van der Waals surface area contributed by atoms with E-state index < -0.39 is 29.6 Å². The van der Waals surface area contributed by atoms with Crippen molar-refractivity contribution in [3.63, 3.8) is 0 Å². The average Bonchev–Trinajstić information content (AvgIpc) is 2.64. The molecule has 0 aromatic heterocycles. The Morgan fingerprint density at radius 3 is 2.36 bits per heavy atom. The number of rotatable bonds is 4. The Morgan fingerprint density at radius 2 is 1.75 bits per heavy atom. The van der Waals surface area contributed by atoms with Crippen molar-refractivity contribution in [3.8, 4) is 0 Å². The maximum atomic E-state index is 13.4. The third-order valence-corrected chi connectivity index (χ3v) is 4.63. The van der Waals surface area contributed by atoms with Crippen LogP contribution in [-0.4, -0.2) is 11.9 Å². The third kappa shape index (κ3) is 4.03. The van der Waals surface area contributed by atoms with Gasteiger partial charge in [-0.25, -0.2) is 13.6 Å². The zero-order valence-corrected chi connectivity index (χ0v) is 15.8. The van der Waals surface area contributed by atoms with E-state index in [1.54, 1.807) is 6.92 Å². The quantitative estimate of drug-likeness (QED) is 0.732. The molecule has 0 aliphatic carbocycles. The highest BCUT2D eigenvalue weighted by atomic mass is 19.2. The van der Waals surface area contributed by atoms with E-state index in [0.717, 1.165) is 23.3 Å². The second-order valence-corrected chi connectivity index (χ2v) is 6.97. The van der Waals surface area contributed by atoms with Gasteiger partial charge in [0.15, 0.2) is 11.6 Å². The van der Waals surface area contributed by atoms with Gasteiger partial charge < -0.3 is 16.0 Å². The number of allylic oxidation sites excluding steroid dienone is 1. The molecule has 0 fully saturated rings. The topological polar surface area (TPSA) is 70.2 Å². The average molecular weight is 385 g/mol. The molecule has 28 heavy (non-hydrogen) atoms. The van der Waals surface area contributed by atoms with E-state index in [1.807, 2.05) is 24.3 Å². The Morgan fingerprint density at radius 1 is 1.07 bits per heavy atom. The van der Waals surface area contributed by atoms with Crippen LogP contribution in [0.3, 0.4) is 0 Å². The van der Waals surface area contributed by atoms with Gasteiger partial charge in [-0.05, 0) is 36.1 Å². The van der Waals surface area contributed by atoms with Crippen LogP contribution in [0.2, 0.25) is 0 Å². The summed E-state index contributed by atoms with van der Waals surface area (Å²) in [5, 5.41) is 7.89. The largest absolute Gasteiger partial charge is 0.327 e. The summed E-state index contributed by atoms with van der Waals surface area (Å²) in [6.07, 6.45) is 0. The third-order valence-electron chi connectivity index (χ3n) is 4.63. The Labute approximate surface area is 161 Å². The lowest BCUT2D eigenvalue weighted by molar-refractivity contribution is -0.113. The first-order valence-electron chi connectivity index (χ1n) is 8.91. The molecule has 0 bridgehead atoms. The Kier molecular flexibility index (Phi) is 5.44. The second kappa shape index (κ2) is 7.80. The number of amides is 3. The number of benzene rings is 2. The number of carbonyl (C=O) groups is 2. The normalized spacial score (nSPS) is 16.6. The molecule has 146 valence electrons. The summed E-state index contributed by atoms with van der Waals surface area (Å²) in [7, 11) is 0. The molecule has 3 rings (SSSR count). The molecule has 0 saturated heterocycles. The standard InChI is InChI=1S/C21H21F2N3O2/c1-11(2)13-4-6-14(7-5-13)19-18(12(3)24-21(28)26-19)20(27)25-15-8-9-16(22)17(23)10-15/h4-11,19H,1-3H3,(H,25,27)(H2,24,26,28)/t19-/m0/s1. The lowest BCUT2D eigenvalue weighted by Gasteiger charge is -2.29. The van der Waals surface area contributed by atoms with Gasteiger partial charge >= 0.3 is 6.03 Å². The molecule has 1 heterocycles. The summed E-state index contributed by atoms with van der Waals surface area (Å²) < 4.78 is 26.6. The molecule has 3 amide bonds. The van der Waals surface area contributed by atoms with Crippen LogP contribution in [0.25, 0.3) is 0 Å². The molecule has 0 radical (unpaired) electrons. The van der Waals surface area contributed by atoms with Crippen molar-refractivity contribution in [2.45, 2.75) is 32.7 Å². The highest BCUT2D eigenvalue weighted by Crippen LogP contribution is 2.29. The highest BCUT2D eigenvalue weighted by Gasteiger charge is 2.31. The minimum atomic E-state index is -1.06. The van der Waals surface area contributed by atoms with E-state index in [1.165, 1.54) is 6.07 Å². The zero-order chi connectivity index (χ0) is 20.4. The molecule has 7 heteroatoms. The molecular weight excluding hydrogens is 364 g/mol. The maximum absolute atomic E-state index is 13.4. The fourth-order valence-electron chi connectivity index (χ4n) is 3.09. The molecule has 1 aliphatic heterocycles. The number of anilines is 1. The van der Waals surface area contributed by atoms with Gasteiger partial charge in [0.05, 0.1) is 11.6 Å². The number of urea groups is 1. The van der Waals surface area contributed by atoms with Gasteiger partial charge in [0.25, 0.3) is 5.91 Å². The van der Waals surface area contributed by atoms with Crippen LogP contribution >= 0.6 is 0 Å². The van der Waals surface area contributed by atoms with E-state index in [-0.39, 0.29) is 5.69 Å². The smallest absolute Gasteiger partial charge is 0.319 e. The molecule has 1 aliphatic rings. The summed E-state index contributed by atoms with van der Waals surface area (Å²) in [5.74, 6) is -2.22. The SMILES string of the molecule is CC1=C(C(=O)Nc2ccc(F)c(F)c2)[C@H](c2ccc(C(C)C)cc2)NC(=O)N1. The molecule has 2 aromatic rings. The van der Waals surface area contributed by atoms with Crippen molar-refractivity contribution in [2.24, 2.45) is 0 Å². The fraction of sp³-hybridized carbons (Fsp3) is 0.238. The van der Waals surface area contributed by atoms with Crippen LogP contribution < -0.4 is 16.0 Å². The number of nitrogens with one attached hydrogen (secondary N) is 3. The minimum absolute atomic E-state index is 0.120. The van der Waals surface area contributed by atoms with Crippen LogP contribution in [0.4, 0.5) is 19.3 Å². The highest BCUT2D eigenvalue weighted by molar-refractivity contribution is 6.06. The predicted molar refractivity (Wildman–Crippen MR) is 103 cm³/mol. The zero-order valence-electron chi connectivity index (χ0n) is 15.8. The van der Waals surface area contributed by atoms with Gasteiger partial charge in [-0.3, -0.25) is 4.79 Å². The maximum Gasteiger partial charge on any atom is 0.319 e. The van der Waals surface area contributed by atoms with Crippen molar-refractivity contribution < 1.29 is 18.4 Å². The van der Waals surface area contributed by atoms with Gasteiger partial charge in [0, 0.05) is 17.5 Å². The Balaban J connectivity index is 1.92. The van der Waals surface area contributed by atoms with E-state index in [9.17, 15) is 18.4 Å². The summed E-state index contributed by atoms with van der Waals surface area (Å²) in [4.78, 5) is 24.8. The second-order valence-electron chi connectivity index (χ2n) is 6.97. The van der Waals surface area contributed by atoms with Crippen LogP contribution in [0.15, 0.2) is 53.7 Å². The van der Waals surface area contributed by atoms with Crippen molar-refractivity contribution in [3.05, 3.63) is 76.5 Å². The van der Waals surface area contributed by atoms with Crippen molar-refractivity contribution in [1.82, 2.24) is 10.6 Å². The summed E-state index contributed by atoms with van der Waals surface area (Å²) in [5.41, 5.74) is 2.69. The van der Waals surface area contributed by atoms with Gasteiger partial charge in [-0.1, -0.05) is 38.1 Å². The summed E-state index contributed by atoms with van der Waals surface area (Å²) in [6, 6.07) is 9.67. The van der Waals surface area contributed by atoms with Crippen LogP contribution in [0.1, 0.15) is 43.9 Å². The first-order chi connectivity index (χ1) is 13.3. The molecule has 0 unspecified atom stereocenters. The van der Waals surface area contributed by atoms with Gasteiger partial charge in [0.1, 0.15) is 0 Å². The van der Waals surface area contributed by atoms with Crippen LogP contribution in [0, 0.1) is 11.6 Å². The lowest BCUT2D eigenvalue weighted by Crippen LogP contribution is -2.46. The minimum Gasteiger partial charge on any atom is -0.327 e. The monoisotopic (exact) mass is 385 g/mol. The molecular formula is C21H21F2N3O2. The lowest BCUT2D eigenvalue weighted by atomic mass is 9.92. The molecule has 2 aromatic carbocycles. The number of hydrogen-bond donors (Lipinski definition) is 3. The number of halogens is 2. The first-order valence-corrected chi connectivity index (χ1v) is 8.91. The van der Waals surface area contributed by atoms with E-state index in [0.29, 0.717) is 17.2 Å². The van der Waals surface area contributed by atoms with E-state index >= 15 is 0 Å². The van der Waals surface area contributed by atoms with Crippen molar-refractivity contribution in [1.29, 1.82) is 0 Å². The Hall–Kier alpha value is -3.22. The van der Waals surface area contributed by atoms with Crippen LogP contribution in [-0.2, 0) is 4.79 Å².